The van der Waals surface area contributed by atoms with Gasteiger partial charge in [-0.3, -0.25) is 0 Å². The van der Waals surface area contributed by atoms with E-state index in [1.165, 1.54) is 83.6 Å². The molecule has 0 amide bonds. The highest BCUT2D eigenvalue weighted by Gasteiger charge is 2.02. The van der Waals surface area contributed by atoms with Crippen molar-refractivity contribution in [3.63, 3.8) is 0 Å². The maximum absolute atomic E-state index is 2.34. The summed E-state index contributed by atoms with van der Waals surface area (Å²) in [5.41, 5.74) is 0. The van der Waals surface area contributed by atoms with Gasteiger partial charge in [0.15, 0.2) is 0 Å². The van der Waals surface area contributed by atoms with Crippen LogP contribution in [0.5, 0.6) is 0 Å². The zero-order valence-electron chi connectivity index (χ0n) is 14.5. The average molecular weight is 294 g/mol. The molecule has 0 spiro atoms. The van der Waals surface area contributed by atoms with Crippen LogP contribution in [0.15, 0.2) is 18.7 Å². The molecule has 0 aromatic carbocycles. The van der Waals surface area contributed by atoms with Crippen molar-refractivity contribution in [2.45, 2.75) is 104 Å². The highest BCUT2D eigenvalue weighted by atomic mass is 15.1. The van der Waals surface area contributed by atoms with Gasteiger partial charge in [-0.25, -0.2) is 9.13 Å². The van der Waals surface area contributed by atoms with Crippen LogP contribution < -0.4 is 4.57 Å². The minimum absolute atomic E-state index is 1.14. The van der Waals surface area contributed by atoms with Gasteiger partial charge in [0.1, 0.15) is 12.4 Å². The van der Waals surface area contributed by atoms with Crippen LogP contribution in [0.25, 0.3) is 0 Å². The van der Waals surface area contributed by atoms with Gasteiger partial charge in [-0.15, -0.1) is 0 Å². The van der Waals surface area contributed by atoms with Crippen molar-refractivity contribution in [2.24, 2.45) is 0 Å². The molecule has 0 unspecified atom stereocenters. The van der Waals surface area contributed by atoms with Crippen molar-refractivity contribution in [2.75, 3.05) is 0 Å². The van der Waals surface area contributed by atoms with E-state index in [0.29, 0.717) is 0 Å². The van der Waals surface area contributed by atoms with E-state index < -0.39 is 0 Å². The Bertz CT molecular complexity index is 330. The zero-order chi connectivity index (χ0) is 15.2. The predicted molar refractivity (Wildman–Crippen MR) is 91.4 cm³/mol. The van der Waals surface area contributed by atoms with Crippen LogP contribution in [-0.2, 0) is 13.1 Å². The summed E-state index contributed by atoms with van der Waals surface area (Å²) in [4.78, 5) is 0. The summed E-state index contributed by atoms with van der Waals surface area (Å²) in [6.45, 7) is 6.85. The van der Waals surface area contributed by atoms with E-state index in [9.17, 15) is 0 Å². The smallest absolute Gasteiger partial charge is 0.237 e. The molecule has 0 fully saturated rings. The molecule has 0 aliphatic rings. The molecule has 0 radical (unpaired) electrons. The van der Waals surface area contributed by atoms with Crippen molar-refractivity contribution in [1.29, 1.82) is 0 Å². The second-order valence-electron chi connectivity index (χ2n) is 6.42. The van der Waals surface area contributed by atoms with Gasteiger partial charge in [0, 0.05) is 0 Å². The number of aromatic nitrogens is 2. The minimum Gasteiger partial charge on any atom is -0.237 e. The maximum Gasteiger partial charge on any atom is 0.243 e. The molecule has 122 valence electrons. The molecular weight excluding hydrogens is 256 g/mol. The first-order valence-electron chi connectivity index (χ1n) is 9.41. The van der Waals surface area contributed by atoms with Gasteiger partial charge in [-0.2, -0.15) is 0 Å². The van der Waals surface area contributed by atoms with Gasteiger partial charge in [0.05, 0.1) is 13.1 Å². The Balaban J connectivity index is 1.86. The number of unbranched alkanes of at least 4 members (excludes halogenated alkanes) is 10. The van der Waals surface area contributed by atoms with Crippen molar-refractivity contribution in [3.05, 3.63) is 18.7 Å². The quantitative estimate of drug-likeness (QED) is 0.316. The number of hydrogen-bond acceptors (Lipinski definition) is 0. The second kappa shape index (κ2) is 12.9. The summed E-state index contributed by atoms with van der Waals surface area (Å²) in [7, 11) is 0. The maximum atomic E-state index is 2.34. The van der Waals surface area contributed by atoms with E-state index in [0.717, 1.165) is 6.54 Å². The summed E-state index contributed by atoms with van der Waals surface area (Å²) >= 11 is 0. The Morgan fingerprint density at radius 2 is 1.29 bits per heavy atom. The summed E-state index contributed by atoms with van der Waals surface area (Å²) in [6.07, 6.45) is 23.5. The van der Waals surface area contributed by atoms with Crippen molar-refractivity contribution in [1.82, 2.24) is 4.57 Å². The first kappa shape index (κ1) is 18.3. The van der Waals surface area contributed by atoms with Crippen LogP contribution in [0.1, 0.15) is 90.9 Å². The second-order valence-corrected chi connectivity index (χ2v) is 6.42. The summed E-state index contributed by atoms with van der Waals surface area (Å²) in [5.74, 6) is 0. The monoisotopic (exact) mass is 293 g/mol. The van der Waals surface area contributed by atoms with Gasteiger partial charge >= 0.3 is 0 Å². The third kappa shape index (κ3) is 9.71. The largest absolute Gasteiger partial charge is 0.243 e. The molecule has 2 nitrogen and oxygen atoms in total. The molecule has 0 N–H and O–H groups in total. The lowest BCUT2D eigenvalue weighted by Crippen LogP contribution is -2.30. The van der Waals surface area contributed by atoms with Crippen LogP contribution in [0.4, 0.5) is 0 Å². The number of imidazole rings is 1. The van der Waals surface area contributed by atoms with E-state index >= 15 is 0 Å². The van der Waals surface area contributed by atoms with E-state index in [4.69, 9.17) is 0 Å². The Labute approximate surface area is 132 Å². The lowest BCUT2D eigenvalue weighted by molar-refractivity contribution is -0.696. The molecule has 1 rings (SSSR count). The molecule has 0 bridgehead atoms. The minimum atomic E-state index is 1.14. The number of hydrogen-bond donors (Lipinski definition) is 0. The van der Waals surface area contributed by atoms with Crippen molar-refractivity contribution in [3.8, 4) is 0 Å². The molecule has 2 heteroatoms. The molecule has 21 heavy (non-hydrogen) atoms. The molecule has 0 aliphatic heterocycles. The van der Waals surface area contributed by atoms with Crippen molar-refractivity contribution < 1.29 is 4.57 Å². The fraction of sp³-hybridized carbons (Fsp3) is 0.842. The van der Waals surface area contributed by atoms with Crippen LogP contribution in [0, 0.1) is 0 Å². The van der Waals surface area contributed by atoms with Crippen LogP contribution >= 0.6 is 0 Å². The van der Waals surface area contributed by atoms with Gasteiger partial charge < -0.3 is 0 Å². The number of rotatable bonds is 14. The van der Waals surface area contributed by atoms with E-state index in [1.54, 1.807) is 0 Å². The first-order chi connectivity index (χ1) is 10.4. The topological polar surface area (TPSA) is 8.81 Å². The van der Waals surface area contributed by atoms with E-state index in [-0.39, 0.29) is 0 Å². The highest BCUT2D eigenvalue weighted by Crippen LogP contribution is 2.11. The normalized spacial score (nSPS) is 11.1. The highest BCUT2D eigenvalue weighted by molar-refractivity contribution is 4.66. The molecule has 1 heterocycles. The van der Waals surface area contributed by atoms with Gasteiger partial charge in [0.2, 0.25) is 6.33 Å². The van der Waals surface area contributed by atoms with Crippen molar-refractivity contribution >= 4 is 0 Å². The zero-order valence-corrected chi connectivity index (χ0v) is 14.5. The van der Waals surface area contributed by atoms with E-state index in [1.807, 2.05) is 0 Å². The molecule has 0 saturated heterocycles. The lowest BCUT2D eigenvalue weighted by Gasteiger charge is -2.02. The fourth-order valence-corrected chi connectivity index (χ4v) is 2.92. The Kier molecular flexibility index (Phi) is 11.2. The Hall–Kier alpha value is -0.790. The number of nitrogens with zero attached hydrogens (tertiary/aromatic N) is 2. The SMILES string of the molecule is CCCCCCCCCCCCCn1cc[n+](CCC)c1. The van der Waals surface area contributed by atoms with Gasteiger partial charge in [-0.05, 0) is 19.3 Å². The Morgan fingerprint density at radius 3 is 1.86 bits per heavy atom. The molecule has 0 atom stereocenters. The lowest BCUT2D eigenvalue weighted by atomic mass is 10.1. The van der Waals surface area contributed by atoms with Gasteiger partial charge in [-0.1, -0.05) is 71.6 Å². The first-order valence-corrected chi connectivity index (χ1v) is 9.41. The average Bonchev–Trinajstić information content (AvgIpc) is 2.93. The molecule has 0 aliphatic carbocycles. The summed E-state index contributed by atoms with van der Waals surface area (Å²) < 4.78 is 4.63. The summed E-state index contributed by atoms with van der Waals surface area (Å²) in [5, 5.41) is 0. The molecule has 1 aromatic rings. The summed E-state index contributed by atoms with van der Waals surface area (Å²) in [6, 6.07) is 0. The predicted octanol–water partition coefficient (Wildman–Crippen LogP) is 5.50. The molecule has 0 saturated carbocycles. The van der Waals surface area contributed by atoms with Crippen LogP contribution in [0.3, 0.4) is 0 Å². The Morgan fingerprint density at radius 1 is 0.714 bits per heavy atom. The molecular formula is C19H37N2+. The van der Waals surface area contributed by atoms with Crippen LogP contribution in [-0.4, -0.2) is 4.57 Å². The number of aryl methyl sites for hydroxylation is 2. The van der Waals surface area contributed by atoms with Crippen LogP contribution in [0.2, 0.25) is 0 Å². The fourth-order valence-electron chi connectivity index (χ4n) is 2.92. The van der Waals surface area contributed by atoms with E-state index in [2.05, 4.69) is 41.7 Å². The third-order valence-electron chi connectivity index (χ3n) is 4.25. The third-order valence-corrected chi connectivity index (χ3v) is 4.25. The standard InChI is InChI=1S/C19H37N2/c1-3-5-6-7-8-9-10-11-12-13-14-16-21-18-17-20(19-21)15-4-2/h17-19H,3-16H2,1-2H3/q+1. The molecule has 1 aromatic heterocycles. The van der Waals surface area contributed by atoms with Gasteiger partial charge in [0.25, 0.3) is 0 Å².